The second kappa shape index (κ2) is 5.59. The molecule has 0 aromatic carbocycles. The van der Waals surface area contributed by atoms with Crippen LogP contribution in [0.5, 0.6) is 0 Å². The molecule has 0 aliphatic carbocycles. The summed E-state index contributed by atoms with van der Waals surface area (Å²) in [7, 11) is 0. The Morgan fingerprint density at radius 1 is 1.44 bits per heavy atom. The molecule has 2 amide bonds. The van der Waals surface area contributed by atoms with Gasteiger partial charge in [0.25, 0.3) is 0 Å². The first-order valence-corrected chi connectivity index (χ1v) is 6.59. The summed E-state index contributed by atoms with van der Waals surface area (Å²) in [4.78, 5) is 26.7. The number of hydrogen-bond acceptors (Lipinski definition) is 2. The summed E-state index contributed by atoms with van der Waals surface area (Å²) in [5.41, 5.74) is -0.165. The lowest BCUT2D eigenvalue weighted by atomic mass is 10.0. The Bertz CT molecular complexity index is 328. The van der Waals surface area contributed by atoms with Crippen LogP contribution < -0.4 is 0 Å². The first-order valence-electron chi connectivity index (χ1n) is 6.59. The summed E-state index contributed by atoms with van der Waals surface area (Å²) in [5.74, 6) is -0.958. The van der Waals surface area contributed by atoms with E-state index in [9.17, 15) is 9.59 Å². The van der Waals surface area contributed by atoms with Crippen molar-refractivity contribution in [3.05, 3.63) is 0 Å². The van der Waals surface area contributed by atoms with Gasteiger partial charge < -0.3 is 14.9 Å². The maximum absolute atomic E-state index is 12.5. The summed E-state index contributed by atoms with van der Waals surface area (Å²) in [5, 5.41) is 8.94. The van der Waals surface area contributed by atoms with E-state index in [1.165, 1.54) is 4.90 Å². The number of aliphatic carboxylic acids is 1. The van der Waals surface area contributed by atoms with Crippen LogP contribution in [-0.2, 0) is 4.79 Å². The van der Waals surface area contributed by atoms with Crippen LogP contribution in [0.15, 0.2) is 0 Å². The largest absolute Gasteiger partial charge is 0.480 e. The van der Waals surface area contributed by atoms with Gasteiger partial charge in [-0.3, -0.25) is 4.79 Å². The number of carbonyl (C=O) groups excluding carboxylic acids is 1. The number of nitrogens with zero attached hydrogens (tertiary/aromatic N) is 2. The highest BCUT2D eigenvalue weighted by molar-refractivity contribution is 5.81. The molecule has 1 saturated heterocycles. The Labute approximate surface area is 109 Å². The van der Waals surface area contributed by atoms with Crippen molar-refractivity contribution in [1.29, 1.82) is 0 Å². The molecule has 0 aromatic rings. The Hall–Kier alpha value is -1.26. The minimum atomic E-state index is -0.958. The van der Waals surface area contributed by atoms with Crippen LogP contribution in [-0.4, -0.2) is 51.6 Å². The van der Waals surface area contributed by atoms with Crippen molar-refractivity contribution in [3.8, 4) is 0 Å². The number of hydrogen-bond donors (Lipinski definition) is 1. The van der Waals surface area contributed by atoms with Gasteiger partial charge in [-0.05, 0) is 40.0 Å². The topological polar surface area (TPSA) is 60.9 Å². The predicted octanol–water partition coefficient (Wildman–Crippen LogP) is 2.17. The van der Waals surface area contributed by atoms with Crippen molar-refractivity contribution in [2.24, 2.45) is 0 Å². The molecule has 104 valence electrons. The molecule has 1 heterocycles. The molecule has 0 aromatic heterocycles. The molecule has 5 heteroatoms. The lowest BCUT2D eigenvalue weighted by molar-refractivity contribution is -0.138. The fourth-order valence-corrected chi connectivity index (χ4v) is 2.40. The van der Waals surface area contributed by atoms with Crippen LogP contribution in [0.25, 0.3) is 0 Å². The Morgan fingerprint density at radius 2 is 2.06 bits per heavy atom. The number of amides is 2. The molecule has 0 bridgehead atoms. The lowest BCUT2D eigenvalue weighted by Gasteiger charge is -2.38. The van der Waals surface area contributed by atoms with Crippen LogP contribution in [0.1, 0.15) is 47.0 Å². The molecule has 1 unspecified atom stereocenters. The number of carboxylic acid groups (broad SMARTS) is 1. The van der Waals surface area contributed by atoms with E-state index in [2.05, 4.69) is 0 Å². The summed E-state index contributed by atoms with van der Waals surface area (Å²) >= 11 is 0. The van der Waals surface area contributed by atoms with Gasteiger partial charge in [-0.1, -0.05) is 6.92 Å². The third-order valence-corrected chi connectivity index (χ3v) is 3.81. The van der Waals surface area contributed by atoms with Gasteiger partial charge in [0.2, 0.25) is 0 Å². The first-order chi connectivity index (χ1) is 8.29. The van der Waals surface area contributed by atoms with Gasteiger partial charge in [0.05, 0.1) is 0 Å². The van der Waals surface area contributed by atoms with E-state index in [0.29, 0.717) is 0 Å². The zero-order valence-electron chi connectivity index (χ0n) is 11.8. The summed E-state index contributed by atoms with van der Waals surface area (Å²) in [6, 6.07) is -0.195. The van der Waals surface area contributed by atoms with Crippen LogP contribution in [0.3, 0.4) is 0 Å². The third-order valence-electron chi connectivity index (χ3n) is 3.81. The van der Waals surface area contributed by atoms with Gasteiger partial charge in [-0.15, -0.1) is 0 Å². The van der Waals surface area contributed by atoms with Gasteiger partial charge >= 0.3 is 12.0 Å². The predicted molar refractivity (Wildman–Crippen MR) is 69.5 cm³/mol. The molecular formula is C13H24N2O3. The van der Waals surface area contributed by atoms with Crippen molar-refractivity contribution in [3.63, 3.8) is 0 Å². The highest BCUT2D eigenvalue weighted by Crippen LogP contribution is 2.29. The SMILES string of the molecule is CCC(C)N(CC(=O)O)C(=O)N1CCCC1(C)C. The minimum Gasteiger partial charge on any atom is -0.480 e. The summed E-state index contributed by atoms with van der Waals surface area (Å²) in [6.07, 6.45) is 2.72. The van der Waals surface area contributed by atoms with Crippen LogP contribution >= 0.6 is 0 Å². The Morgan fingerprint density at radius 3 is 2.44 bits per heavy atom. The molecular weight excluding hydrogens is 232 g/mol. The van der Waals surface area contributed by atoms with Crippen LogP contribution in [0.2, 0.25) is 0 Å². The highest BCUT2D eigenvalue weighted by atomic mass is 16.4. The van der Waals surface area contributed by atoms with E-state index in [4.69, 9.17) is 5.11 Å². The van der Waals surface area contributed by atoms with Gasteiger partial charge in [0, 0.05) is 18.1 Å². The van der Waals surface area contributed by atoms with Crippen molar-refractivity contribution < 1.29 is 14.7 Å². The van der Waals surface area contributed by atoms with Crippen molar-refractivity contribution in [1.82, 2.24) is 9.80 Å². The molecule has 0 radical (unpaired) electrons. The average molecular weight is 256 g/mol. The molecule has 1 N–H and O–H groups in total. The zero-order valence-corrected chi connectivity index (χ0v) is 11.8. The normalized spacial score (nSPS) is 19.7. The molecule has 18 heavy (non-hydrogen) atoms. The molecule has 1 rings (SSSR count). The van der Waals surface area contributed by atoms with E-state index in [1.807, 2.05) is 32.6 Å². The monoisotopic (exact) mass is 256 g/mol. The zero-order chi connectivity index (χ0) is 13.9. The van der Waals surface area contributed by atoms with Crippen molar-refractivity contribution in [2.75, 3.05) is 13.1 Å². The Kier molecular flexibility index (Phi) is 4.59. The van der Waals surface area contributed by atoms with Crippen LogP contribution in [0, 0.1) is 0 Å². The number of rotatable bonds is 4. The van der Waals surface area contributed by atoms with Gasteiger partial charge in [0.1, 0.15) is 6.54 Å². The number of carboxylic acids is 1. The van der Waals surface area contributed by atoms with Gasteiger partial charge in [0.15, 0.2) is 0 Å². The summed E-state index contributed by atoms with van der Waals surface area (Å²) < 4.78 is 0. The fraction of sp³-hybridized carbons (Fsp3) is 0.846. The molecule has 5 nitrogen and oxygen atoms in total. The van der Waals surface area contributed by atoms with Crippen LogP contribution in [0.4, 0.5) is 4.79 Å². The van der Waals surface area contributed by atoms with Gasteiger partial charge in [-0.25, -0.2) is 4.79 Å². The van der Waals surface area contributed by atoms with Gasteiger partial charge in [-0.2, -0.15) is 0 Å². The number of carbonyl (C=O) groups is 2. The second-order valence-corrected chi connectivity index (χ2v) is 5.63. The molecule has 1 aliphatic rings. The average Bonchev–Trinajstić information content (AvgIpc) is 2.63. The maximum Gasteiger partial charge on any atom is 0.323 e. The van der Waals surface area contributed by atoms with Crippen molar-refractivity contribution >= 4 is 12.0 Å². The van der Waals surface area contributed by atoms with E-state index in [0.717, 1.165) is 25.8 Å². The quantitative estimate of drug-likeness (QED) is 0.838. The van der Waals surface area contributed by atoms with Crippen molar-refractivity contribution in [2.45, 2.75) is 58.5 Å². The van der Waals surface area contributed by atoms with E-state index in [1.54, 1.807) is 0 Å². The molecule has 1 fully saturated rings. The third kappa shape index (κ3) is 3.15. The second-order valence-electron chi connectivity index (χ2n) is 5.63. The molecule has 1 atom stereocenters. The number of urea groups is 1. The van der Waals surface area contributed by atoms with E-state index < -0.39 is 5.97 Å². The molecule has 0 saturated carbocycles. The van der Waals surface area contributed by atoms with E-state index >= 15 is 0 Å². The minimum absolute atomic E-state index is 0.0509. The van der Waals surface area contributed by atoms with E-state index in [-0.39, 0.29) is 24.2 Å². The maximum atomic E-state index is 12.5. The lowest BCUT2D eigenvalue weighted by Crippen LogP contribution is -2.53. The smallest absolute Gasteiger partial charge is 0.323 e. The number of likely N-dealkylation sites (tertiary alicyclic amines) is 1. The fourth-order valence-electron chi connectivity index (χ4n) is 2.40. The Balaban J connectivity index is 2.85. The molecule has 1 aliphatic heterocycles. The summed E-state index contributed by atoms with van der Waals surface area (Å²) in [6.45, 7) is 8.42. The first kappa shape index (κ1) is 14.8. The highest BCUT2D eigenvalue weighted by Gasteiger charge is 2.38. The standard InChI is InChI=1S/C13H24N2O3/c1-5-10(2)14(9-11(16)17)12(18)15-8-6-7-13(15,3)4/h10H,5-9H2,1-4H3,(H,16,17). The molecule has 0 spiro atoms.